The highest BCUT2D eigenvalue weighted by Gasteiger charge is 2.37. The molecule has 0 saturated carbocycles. The maximum atomic E-state index is 13.3. The number of ether oxygens (including phenoxy) is 1. The van der Waals surface area contributed by atoms with Crippen molar-refractivity contribution in [3.63, 3.8) is 0 Å². The zero-order valence-corrected chi connectivity index (χ0v) is 12.8. The second-order valence-corrected chi connectivity index (χ2v) is 5.30. The predicted molar refractivity (Wildman–Crippen MR) is 83.1 cm³/mol. The molecule has 3 rings (SSSR count). The van der Waals surface area contributed by atoms with Crippen molar-refractivity contribution in [3.05, 3.63) is 58.9 Å². The summed E-state index contributed by atoms with van der Waals surface area (Å²) in [6, 6.07) is 7.32. The van der Waals surface area contributed by atoms with E-state index in [0.29, 0.717) is 22.5 Å². The second kappa shape index (κ2) is 6.07. The van der Waals surface area contributed by atoms with Crippen molar-refractivity contribution < 1.29 is 22.7 Å². The monoisotopic (exact) mass is 336 g/mol. The SMILES string of the molecule is CCOC(=O)C1=C(c2ccc[nH]2)Nc2c(cccc2C(F)(F)F)C1. The number of aromatic nitrogens is 1. The standard InChI is InChI=1S/C17H15F3N2O2/c1-2-24-16(23)11-9-10-5-3-6-12(17(18,19)20)14(10)22-15(11)13-7-4-8-21-13/h3-8,21-22H,2,9H2,1H3. The van der Waals surface area contributed by atoms with Crippen LogP contribution in [0.1, 0.15) is 23.7 Å². The van der Waals surface area contributed by atoms with Gasteiger partial charge in [-0.25, -0.2) is 4.79 Å². The zero-order chi connectivity index (χ0) is 17.3. The lowest BCUT2D eigenvalue weighted by Crippen LogP contribution is -2.22. The van der Waals surface area contributed by atoms with Crippen LogP contribution in [0.4, 0.5) is 18.9 Å². The Morgan fingerprint density at radius 1 is 1.25 bits per heavy atom. The third-order valence-corrected chi connectivity index (χ3v) is 3.76. The molecule has 0 unspecified atom stereocenters. The molecule has 0 spiro atoms. The van der Waals surface area contributed by atoms with E-state index in [-0.39, 0.29) is 18.7 Å². The summed E-state index contributed by atoms with van der Waals surface area (Å²) in [6.07, 6.45) is -2.78. The number of alkyl halides is 3. The molecule has 0 radical (unpaired) electrons. The minimum absolute atomic E-state index is 0.0253. The lowest BCUT2D eigenvalue weighted by atomic mass is 9.93. The molecule has 0 bridgehead atoms. The maximum Gasteiger partial charge on any atom is 0.418 e. The van der Waals surface area contributed by atoms with E-state index in [4.69, 9.17) is 4.74 Å². The third kappa shape index (κ3) is 2.89. The normalized spacial score (nSPS) is 14.2. The van der Waals surface area contributed by atoms with Crippen LogP contribution in [0.25, 0.3) is 5.70 Å². The summed E-state index contributed by atoms with van der Waals surface area (Å²) in [7, 11) is 0. The van der Waals surface area contributed by atoms with Gasteiger partial charge in [-0.05, 0) is 30.7 Å². The Hall–Kier alpha value is -2.70. The number of hydrogen-bond donors (Lipinski definition) is 2. The first-order chi connectivity index (χ1) is 11.4. The lowest BCUT2D eigenvalue weighted by Gasteiger charge is -2.26. The molecule has 7 heteroatoms. The van der Waals surface area contributed by atoms with Crippen LogP contribution in [0.2, 0.25) is 0 Å². The number of rotatable bonds is 3. The lowest BCUT2D eigenvalue weighted by molar-refractivity contribution is -0.138. The Morgan fingerprint density at radius 2 is 2.04 bits per heavy atom. The molecule has 2 N–H and O–H groups in total. The van der Waals surface area contributed by atoms with Gasteiger partial charge in [0, 0.05) is 12.6 Å². The summed E-state index contributed by atoms with van der Waals surface area (Å²) >= 11 is 0. The number of anilines is 1. The molecule has 24 heavy (non-hydrogen) atoms. The van der Waals surface area contributed by atoms with Crippen LogP contribution in [-0.4, -0.2) is 17.6 Å². The minimum atomic E-state index is -4.49. The quantitative estimate of drug-likeness (QED) is 0.834. The van der Waals surface area contributed by atoms with E-state index in [0.717, 1.165) is 6.07 Å². The Labute approximate surface area is 136 Å². The Kier molecular flexibility index (Phi) is 4.09. The van der Waals surface area contributed by atoms with Gasteiger partial charge < -0.3 is 15.0 Å². The average Bonchev–Trinajstić information content (AvgIpc) is 3.06. The Balaban J connectivity index is 2.12. The Morgan fingerprint density at radius 3 is 2.67 bits per heavy atom. The first-order valence-corrected chi connectivity index (χ1v) is 7.42. The molecule has 1 aromatic carbocycles. The number of carbonyl (C=O) groups is 1. The first kappa shape index (κ1) is 16.2. The van der Waals surface area contributed by atoms with E-state index in [2.05, 4.69) is 10.3 Å². The second-order valence-electron chi connectivity index (χ2n) is 5.30. The van der Waals surface area contributed by atoms with Gasteiger partial charge >= 0.3 is 12.1 Å². The van der Waals surface area contributed by atoms with Crippen LogP contribution >= 0.6 is 0 Å². The molecule has 126 valence electrons. The van der Waals surface area contributed by atoms with Crippen LogP contribution in [0.5, 0.6) is 0 Å². The topological polar surface area (TPSA) is 54.1 Å². The number of esters is 1. The number of hydrogen-bond acceptors (Lipinski definition) is 3. The van der Waals surface area contributed by atoms with Gasteiger partial charge in [-0.3, -0.25) is 0 Å². The molecular weight excluding hydrogens is 321 g/mol. The molecule has 0 aliphatic carbocycles. The molecule has 2 aromatic rings. The fourth-order valence-corrected chi connectivity index (χ4v) is 2.72. The largest absolute Gasteiger partial charge is 0.463 e. The predicted octanol–water partition coefficient (Wildman–Crippen LogP) is 3.98. The molecule has 0 atom stereocenters. The highest BCUT2D eigenvalue weighted by molar-refractivity contribution is 6.02. The van der Waals surface area contributed by atoms with Crippen molar-refractivity contribution in [2.24, 2.45) is 0 Å². The molecule has 1 aliphatic heterocycles. The summed E-state index contributed by atoms with van der Waals surface area (Å²) in [5.41, 5.74) is 0.757. The highest BCUT2D eigenvalue weighted by Crippen LogP contribution is 2.41. The molecule has 1 aliphatic rings. The van der Waals surface area contributed by atoms with Gasteiger partial charge in [0.1, 0.15) is 0 Å². The zero-order valence-electron chi connectivity index (χ0n) is 12.8. The number of para-hydroxylation sites is 1. The summed E-state index contributed by atoms with van der Waals surface area (Å²) in [6.45, 7) is 1.87. The number of aromatic amines is 1. The number of halogens is 3. The summed E-state index contributed by atoms with van der Waals surface area (Å²) < 4.78 is 44.8. The third-order valence-electron chi connectivity index (χ3n) is 3.76. The number of H-pyrrole nitrogens is 1. The van der Waals surface area contributed by atoms with Crippen LogP contribution in [0, 0.1) is 0 Å². The van der Waals surface area contributed by atoms with Gasteiger partial charge in [-0.2, -0.15) is 13.2 Å². The van der Waals surface area contributed by atoms with Crippen LogP contribution in [-0.2, 0) is 22.1 Å². The molecule has 0 saturated heterocycles. The minimum Gasteiger partial charge on any atom is -0.463 e. The van der Waals surface area contributed by atoms with Crippen molar-refractivity contribution >= 4 is 17.4 Å². The average molecular weight is 336 g/mol. The smallest absolute Gasteiger partial charge is 0.418 e. The van der Waals surface area contributed by atoms with Crippen LogP contribution in [0.15, 0.2) is 42.1 Å². The van der Waals surface area contributed by atoms with Crippen molar-refractivity contribution in [2.45, 2.75) is 19.5 Å². The highest BCUT2D eigenvalue weighted by atomic mass is 19.4. The first-order valence-electron chi connectivity index (χ1n) is 7.42. The van der Waals surface area contributed by atoms with E-state index < -0.39 is 17.7 Å². The van der Waals surface area contributed by atoms with E-state index in [9.17, 15) is 18.0 Å². The number of carbonyl (C=O) groups excluding carboxylic acids is 1. The van der Waals surface area contributed by atoms with Gasteiger partial charge in [0.2, 0.25) is 0 Å². The molecule has 1 aromatic heterocycles. The van der Waals surface area contributed by atoms with Gasteiger partial charge in [0.05, 0.1) is 34.8 Å². The summed E-state index contributed by atoms with van der Waals surface area (Å²) in [5.74, 6) is -0.544. The van der Waals surface area contributed by atoms with E-state index in [1.807, 2.05) is 0 Å². The fourth-order valence-electron chi connectivity index (χ4n) is 2.72. The molecule has 4 nitrogen and oxygen atoms in total. The van der Waals surface area contributed by atoms with Crippen molar-refractivity contribution in [3.8, 4) is 0 Å². The van der Waals surface area contributed by atoms with Crippen LogP contribution < -0.4 is 5.32 Å². The number of benzene rings is 1. The number of nitrogens with one attached hydrogen (secondary N) is 2. The Bertz CT molecular complexity index is 793. The van der Waals surface area contributed by atoms with Gasteiger partial charge in [0.15, 0.2) is 0 Å². The number of fused-ring (bicyclic) bond motifs is 1. The molecular formula is C17H15F3N2O2. The van der Waals surface area contributed by atoms with Crippen LogP contribution in [0.3, 0.4) is 0 Å². The van der Waals surface area contributed by atoms with Gasteiger partial charge in [-0.1, -0.05) is 12.1 Å². The maximum absolute atomic E-state index is 13.3. The van der Waals surface area contributed by atoms with Crippen molar-refractivity contribution in [1.82, 2.24) is 4.98 Å². The van der Waals surface area contributed by atoms with Gasteiger partial charge in [-0.15, -0.1) is 0 Å². The van der Waals surface area contributed by atoms with Crippen molar-refractivity contribution in [2.75, 3.05) is 11.9 Å². The summed E-state index contributed by atoms with van der Waals surface area (Å²) in [5, 5.41) is 2.79. The molecule has 2 heterocycles. The molecule has 0 amide bonds. The van der Waals surface area contributed by atoms with E-state index >= 15 is 0 Å². The van der Waals surface area contributed by atoms with Crippen molar-refractivity contribution in [1.29, 1.82) is 0 Å². The molecule has 0 fully saturated rings. The van der Waals surface area contributed by atoms with E-state index in [1.165, 1.54) is 6.07 Å². The van der Waals surface area contributed by atoms with E-state index in [1.54, 1.807) is 31.3 Å². The summed E-state index contributed by atoms with van der Waals surface area (Å²) in [4.78, 5) is 15.2. The fraction of sp³-hybridized carbons (Fsp3) is 0.235. The van der Waals surface area contributed by atoms with Gasteiger partial charge in [0.25, 0.3) is 0 Å².